The number of carbonyl (C=O) groups excluding carboxylic acids is 3. The number of aromatic hydroxyl groups is 1. The van der Waals surface area contributed by atoms with Crippen molar-refractivity contribution in [2.75, 3.05) is 11.9 Å². The molecule has 37 heavy (non-hydrogen) atoms. The number of hydrogen-bond donors (Lipinski definition) is 6. The van der Waals surface area contributed by atoms with Gasteiger partial charge in [-0.25, -0.2) is 0 Å². The average molecular weight is 517 g/mol. The second-order valence-corrected chi connectivity index (χ2v) is 12.2. The Balaban J connectivity index is 1.91. The largest absolute Gasteiger partial charge is 0.507 e. The van der Waals surface area contributed by atoms with Crippen LogP contribution in [0.1, 0.15) is 69.8 Å². The molecule has 3 aliphatic rings. The summed E-state index contributed by atoms with van der Waals surface area (Å²) in [6, 6.07) is 3.17. The summed E-state index contributed by atoms with van der Waals surface area (Å²) in [6.45, 7) is 9.91. The van der Waals surface area contributed by atoms with Gasteiger partial charge in [0.2, 0.25) is 5.91 Å². The van der Waals surface area contributed by atoms with Crippen LogP contribution in [0.4, 0.5) is 5.69 Å². The topological polar surface area (TPSA) is 170 Å². The van der Waals surface area contributed by atoms with Crippen molar-refractivity contribution >= 4 is 23.2 Å². The van der Waals surface area contributed by atoms with Crippen LogP contribution in [-0.4, -0.2) is 62.3 Å². The summed E-state index contributed by atoms with van der Waals surface area (Å²) in [5.74, 6) is -6.89. The van der Waals surface area contributed by atoms with Crippen LogP contribution in [-0.2, 0) is 16.0 Å². The van der Waals surface area contributed by atoms with E-state index in [1.54, 1.807) is 13.0 Å². The van der Waals surface area contributed by atoms with E-state index in [9.17, 15) is 34.8 Å². The summed E-state index contributed by atoms with van der Waals surface area (Å²) < 4.78 is 0. The molecule has 0 saturated heterocycles. The molecular weight excluding hydrogens is 476 g/mol. The summed E-state index contributed by atoms with van der Waals surface area (Å²) in [4.78, 5) is 39.9. The molecule has 0 radical (unpaired) electrons. The molecule has 1 aromatic rings. The zero-order valence-corrected chi connectivity index (χ0v) is 22.2. The zero-order valence-electron chi connectivity index (χ0n) is 22.2. The van der Waals surface area contributed by atoms with Gasteiger partial charge in [-0.2, -0.15) is 0 Å². The fourth-order valence-corrected chi connectivity index (χ4v) is 8.10. The van der Waals surface area contributed by atoms with E-state index in [1.807, 2.05) is 20.8 Å². The van der Waals surface area contributed by atoms with Gasteiger partial charge in [0.15, 0.2) is 17.2 Å². The first kappa shape index (κ1) is 27.5. The number of benzene rings is 1. The van der Waals surface area contributed by atoms with Crippen molar-refractivity contribution in [1.82, 2.24) is 0 Å². The molecule has 0 aliphatic heterocycles. The monoisotopic (exact) mass is 516 g/mol. The van der Waals surface area contributed by atoms with E-state index in [1.165, 1.54) is 6.07 Å². The lowest BCUT2D eigenvalue weighted by Gasteiger charge is -2.66. The number of hydrogen-bond acceptors (Lipinski definition) is 8. The Hall–Kier alpha value is -2.49. The highest BCUT2D eigenvalue weighted by Gasteiger charge is 2.75. The van der Waals surface area contributed by atoms with Crippen molar-refractivity contribution in [1.29, 1.82) is 0 Å². The predicted octanol–water partition coefficient (Wildman–Crippen LogP) is 1.78. The van der Waals surface area contributed by atoms with Crippen molar-refractivity contribution in [3.8, 4) is 5.75 Å². The molecule has 3 aliphatic carbocycles. The molecule has 9 nitrogen and oxygen atoms in total. The van der Waals surface area contributed by atoms with Gasteiger partial charge in [0.05, 0.1) is 17.6 Å². The number of nitrogens with two attached hydrogens (primary N) is 1. The maximum absolute atomic E-state index is 14.0. The third-order valence-electron chi connectivity index (χ3n) is 9.51. The van der Waals surface area contributed by atoms with Crippen molar-refractivity contribution in [2.24, 2.45) is 40.2 Å². The van der Waals surface area contributed by atoms with E-state index < -0.39 is 63.9 Å². The van der Waals surface area contributed by atoms with Crippen LogP contribution in [0.25, 0.3) is 0 Å². The summed E-state index contributed by atoms with van der Waals surface area (Å²) in [7, 11) is 0. The molecule has 0 aromatic heterocycles. The third-order valence-corrected chi connectivity index (χ3v) is 9.51. The SMILES string of the molecule is CCCCNc1ccc(O)c2c1C[C@]1(C)C[C@]3(C)[C@@H](C(C)C)C(O)[C@@H](C(N)=O)C(=O)[C@]3(O)C(O)[C@H]1C2=O. The van der Waals surface area contributed by atoms with Crippen molar-refractivity contribution in [3.05, 3.63) is 23.3 Å². The van der Waals surface area contributed by atoms with Crippen LogP contribution < -0.4 is 11.1 Å². The maximum Gasteiger partial charge on any atom is 0.230 e. The first-order valence-electron chi connectivity index (χ1n) is 13.2. The molecule has 0 bridgehead atoms. The molecule has 204 valence electrons. The Kier molecular flexibility index (Phi) is 6.75. The van der Waals surface area contributed by atoms with Crippen molar-refractivity contribution in [2.45, 2.75) is 78.1 Å². The molecule has 0 spiro atoms. The molecule has 7 N–H and O–H groups in total. The molecule has 4 rings (SSSR count). The highest BCUT2D eigenvalue weighted by Crippen LogP contribution is 2.65. The highest BCUT2D eigenvalue weighted by molar-refractivity contribution is 6.09. The average Bonchev–Trinajstić information content (AvgIpc) is 2.77. The highest BCUT2D eigenvalue weighted by atomic mass is 16.4. The van der Waals surface area contributed by atoms with Gasteiger partial charge in [0.25, 0.3) is 0 Å². The number of ketones is 2. The molecular formula is C28H40N2O7. The number of carbonyl (C=O) groups is 3. The van der Waals surface area contributed by atoms with Gasteiger partial charge >= 0.3 is 0 Å². The number of aliphatic hydroxyl groups is 3. The molecule has 1 amide bonds. The van der Waals surface area contributed by atoms with Crippen LogP contribution in [0.15, 0.2) is 12.1 Å². The van der Waals surface area contributed by atoms with Gasteiger partial charge < -0.3 is 31.5 Å². The van der Waals surface area contributed by atoms with Crippen molar-refractivity contribution in [3.63, 3.8) is 0 Å². The van der Waals surface area contributed by atoms with Gasteiger partial charge in [0.1, 0.15) is 17.8 Å². The number of Topliss-reactive ketones (excluding diaryl/α,β-unsaturated/α-hetero) is 2. The minimum Gasteiger partial charge on any atom is -0.507 e. The molecule has 1 aromatic carbocycles. The Morgan fingerprint density at radius 2 is 1.86 bits per heavy atom. The normalized spacial score (nSPS) is 39.1. The van der Waals surface area contributed by atoms with E-state index in [-0.39, 0.29) is 23.7 Å². The van der Waals surface area contributed by atoms with E-state index >= 15 is 0 Å². The smallest absolute Gasteiger partial charge is 0.230 e. The van der Waals surface area contributed by atoms with Crippen LogP contribution in [0.2, 0.25) is 0 Å². The maximum atomic E-state index is 14.0. The van der Waals surface area contributed by atoms with Crippen LogP contribution in [0.3, 0.4) is 0 Å². The lowest BCUT2D eigenvalue weighted by Crippen LogP contribution is -2.79. The van der Waals surface area contributed by atoms with Gasteiger partial charge in [-0.05, 0) is 54.2 Å². The fourth-order valence-electron chi connectivity index (χ4n) is 8.10. The summed E-state index contributed by atoms with van der Waals surface area (Å²) in [5.41, 5.74) is 2.17. The van der Waals surface area contributed by atoms with Crippen LogP contribution in [0.5, 0.6) is 5.75 Å². The second-order valence-electron chi connectivity index (χ2n) is 12.2. The minimum atomic E-state index is -2.50. The number of rotatable bonds is 6. The Labute approximate surface area is 217 Å². The number of phenolic OH excluding ortho intramolecular Hbond substituents is 1. The number of nitrogens with one attached hydrogen (secondary N) is 1. The van der Waals surface area contributed by atoms with Crippen LogP contribution >= 0.6 is 0 Å². The number of primary amides is 1. The number of anilines is 1. The third kappa shape index (κ3) is 3.65. The predicted molar refractivity (Wildman–Crippen MR) is 137 cm³/mol. The minimum absolute atomic E-state index is 0.0744. The molecule has 2 saturated carbocycles. The Morgan fingerprint density at radius 1 is 1.22 bits per heavy atom. The quantitative estimate of drug-likeness (QED) is 0.189. The molecule has 8 atom stereocenters. The number of amides is 1. The lowest BCUT2D eigenvalue weighted by atomic mass is 9.39. The van der Waals surface area contributed by atoms with E-state index in [0.717, 1.165) is 18.5 Å². The first-order valence-corrected chi connectivity index (χ1v) is 13.2. The van der Waals surface area contributed by atoms with Gasteiger partial charge in [-0.3, -0.25) is 14.4 Å². The fraction of sp³-hybridized carbons (Fsp3) is 0.679. The summed E-state index contributed by atoms with van der Waals surface area (Å²) >= 11 is 0. The van der Waals surface area contributed by atoms with E-state index in [2.05, 4.69) is 12.2 Å². The number of fused-ring (bicyclic) bond motifs is 3. The molecule has 9 heteroatoms. The lowest BCUT2D eigenvalue weighted by molar-refractivity contribution is -0.265. The second kappa shape index (κ2) is 9.06. The molecule has 2 fully saturated rings. The van der Waals surface area contributed by atoms with Crippen LogP contribution in [0, 0.1) is 34.5 Å². The zero-order chi connectivity index (χ0) is 27.7. The molecule has 2 unspecified atom stereocenters. The van der Waals surface area contributed by atoms with Crippen molar-refractivity contribution < 1.29 is 34.8 Å². The molecule has 0 heterocycles. The Morgan fingerprint density at radius 3 is 2.43 bits per heavy atom. The van der Waals surface area contributed by atoms with E-state index in [4.69, 9.17) is 5.73 Å². The van der Waals surface area contributed by atoms with Gasteiger partial charge in [-0.15, -0.1) is 0 Å². The summed E-state index contributed by atoms with van der Waals surface area (Å²) in [6.07, 6.45) is -0.970. The number of aliphatic hydroxyl groups excluding tert-OH is 2. The Bertz CT molecular complexity index is 1140. The van der Waals surface area contributed by atoms with Gasteiger partial charge in [0, 0.05) is 17.6 Å². The number of phenols is 1. The first-order chi connectivity index (χ1) is 17.2. The summed E-state index contributed by atoms with van der Waals surface area (Å²) in [5, 5.41) is 49.1. The van der Waals surface area contributed by atoms with Gasteiger partial charge in [-0.1, -0.05) is 41.0 Å². The number of unbranched alkanes of at least 4 members (excludes halogenated alkanes) is 1. The van der Waals surface area contributed by atoms with E-state index in [0.29, 0.717) is 18.5 Å². The standard InChI is InChI=1S/C28H40N2O7/c1-6-7-10-30-15-8-9-16(31)17-14(15)11-26(4)12-27(5)19(13(2)3)22(33)18(25(29)36)23(34)28(27,37)24(35)20(26)21(17)32/h8-9,13,18-20,22,24,30-31,33,35,37H,6-7,10-12H2,1-5H3,(H2,29,36)/t18-,19+,20-,22?,24?,26-,27-,28+/m1/s1.